The van der Waals surface area contributed by atoms with Crippen molar-refractivity contribution in [2.45, 2.75) is 45.1 Å². The van der Waals surface area contributed by atoms with E-state index in [0.29, 0.717) is 29.3 Å². The number of rotatable bonds is 11. The molecule has 47 heavy (non-hydrogen) atoms. The van der Waals surface area contributed by atoms with Crippen LogP contribution in [0, 0.1) is 11.7 Å². The Bertz CT molecular complexity index is 2010. The molecule has 2 fully saturated rings. The Kier molecular flexibility index (Phi) is 8.35. The zero-order valence-corrected chi connectivity index (χ0v) is 26.4. The van der Waals surface area contributed by atoms with Crippen LogP contribution in [-0.4, -0.2) is 67.8 Å². The Hall–Kier alpha value is -4.67. The van der Waals surface area contributed by atoms with Gasteiger partial charge in [0.25, 0.3) is 0 Å². The van der Waals surface area contributed by atoms with Crippen molar-refractivity contribution >= 4 is 21.9 Å². The Morgan fingerprint density at radius 3 is 2.70 bits per heavy atom. The molecule has 240 valence electrons. The lowest BCUT2D eigenvalue weighted by molar-refractivity contribution is 0.237. The van der Waals surface area contributed by atoms with Crippen LogP contribution in [0.5, 0.6) is 5.75 Å². The van der Waals surface area contributed by atoms with E-state index in [1.807, 2.05) is 42.7 Å². The first kappa shape index (κ1) is 29.7. The quantitative estimate of drug-likeness (QED) is 0.140. The molecule has 1 aromatic carbocycles. The molecular formula is C37H39FN8O. The summed E-state index contributed by atoms with van der Waals surface area (Å²) in [5.41, 5.74) is 8.25. The molecule has 0 unspecified atom stereocenters. The second-order valence-corrected chi connectivity index (χ2v) is 12.9. The fourth-order valence-electron chi connectivity index (χ4n) is 7.10. The zero-order valence-electron chi connectivity index (χ0n) is 26.4. The van der Waals surface area contributed by atoms with Gasteiger partial charge in [-0.1, -0.05) is 12.8 Å². The third kappa shape index (κ3) is 6.48. The third-order valence-corrected chi connectivity index (χ3v) is 9.56. The normalized spacial score (nSPS) is 15.8. The van der Waals surface area contributed by atoms with Gasteiger partial charge in [-0.15, -0.1) is 0 Å². The zero-order chi connectivity index (χ0) is 31.6. The molecule has 1 saturated heterocycles. The highest BCUT2D eigenvalue weighted by Gasteiger charge is 2.18. The summed E-state index contributed by atoms with van der Waals surface area (Å²) in [6.45, 7) is 5.41. The highest BCUT2D eigenvalue weighted by atomic mass is 19.1. The number of halogens is 1. The van der Waals surface area contributed by atoms with E-state index in [4.69, 9.17) is 9.72 Å². The van der Waals surface area contributed by atoms with Crippen molar-refractivity contribution in [1.29, 1.82) is 0 Å². The van der Waals surface area contributed by atoms with Crippen LogP contribution in [0.2, 0.25) is 0 Å². The van der Waals surface area contributed by atoms with Crippen molar-refractivity contribution in [3.8, 4) is 39.7 Å². The SMILES string of the molecule is Fc1cc(OCCN2CCCC2)cc(-c2nccc3[nH]c(-c4n[nH]c5ccc(-c6cncc(CNCC7CCCC7)c6)nc45)cc23)c1. The molecule has 6 aromatic rings. The molecule has 1 aliphatic carbocycles. The predicted molar refractivity (Wildman–Crippen MR) is 182 cm³/mol. The summed E-state index contributed by atoms with van der Waals surface area (Å²) in [7, 11) is 0. The summed E-state index contributed by atoms with van der Waals surface area (Å²) >= 11 is 0. The molecule has 1 saturated carbocycles. The first-order valence-electron chi connectivity index (χ1n) is 16.8. The average molecular weight is 631 g/mol. The Morgan fingerprint density at radius 2 is 1.81 bits per heavy atom. The van der Waals surface area contributed by atoms with Gasteiger partial charge in [0, 0.05) is 59.8 Å². The van der Waals surface area contributed by atoms with Crippen LogP contribution in [0.4, 0.5) is 4.39 Å². The second kappa shape index (κ2) is 13.2. The summed E-state index contributed by atoms with van der Waals surface area (Å²) in [5.74, 6) is 0.944. The van der Waals surface area contributed by atoms with Crippen LogP contribution in [0.25, 0.3) is 55.8 Å². The topological polar surface area (TPSA) is 108 Å². The number of ether oxygens (including phenoxy) is 1. The smallest absolute Gasteiger partial charge is 0.135 e. The van der Waals surface area contributed by atoms with E-state index in [9.17, 15) is 4.39 Å². The van der Waals surface area contributed by atoms with Crippen LogP contribution >= 0.6 is 0 Å². The van der Waals surface area contributed by atoms with E-state index in [1.165, 1.54) is 50.7 Å². The number of aromatic nitrogens is 6. The first-order chi connectivity index (χ1) is 23.2. The predicted octanol–water partition coefficient (Wildman–Crippen LogP) is 7.12. The van der Waals surface area contributed by atoms with Crippen LogP contribution < -0.4 is 10.1 Å². The fraction of sp³-hybridized carbons (Fsp3) is 0.351. The lowest BCUT2D eigenvalue weighted by atomic mass is 10.1. The number of H-pyrrole nitrogens is 2. The Labute approximate surface area is 273 Å². The van der Waals surface area contributed by atoms with Gasteiger partial charge in [-0.2, -0.15) is 5.10 Å². The molecule has 1 aliphatic heterocycles. The van der Waals surface area contributed by atoms with Crippen molar-refractivity contribution in [1.82, 2.24) is 40.3 Å². The van der Waals surface area contributed by atoms with E-state index in [-0.39, 0.29) is 5.82 Å². The summed E-state index contributed by atoms with van der Waals surface area (Å²) in [4.78, 5) is 20.1. The maximum Gasteiger partial charge on any atom is 0.135 e. The van der Waals surface area contributed by atoms with Crippen molar-refractivity contribution < 1.29 is 9.13 Å². The van der Waals surface area contributed by atoms with E-state index in [2.05, 4.69) is 41.4 Å². The minimum absolute atomic E-state index is 0.355. The third-order valence-electron chi connectivity index (χ3n) is 9.56. The molecule has 3 N–H and O–H groups in total. The molecule has 0 bridgehead atoms. The number of nitrogens with zero attached hydrogens (tertiary/aromatic N) is 5. The first-order valence-corrected chi connectivity index (χ1v) is 16.8. The van der Waals surface area contributed by atoms with Gasteiger partial charge in [0.1, 0.15) is 29.4 Å². The summed E-state index contributed by atoms with van der Waals surface area (Å²) < 4.78 is 20.8. The van der Waals surface area contributed by atoms with Gasteiger partial charge >= 0.3 is 0 Å². The highest BCUT2D eigenvalue weighted by Crippen LogP contribution is 2.35. The van der Waals surface area contributed by atoms with Gasteiger partial charge in [-0.3, -0.25) is 20.0 Å². The van der Waals surface area contributed by atoms with Crippen molar-refractivity contribution in [3.63, 3.8) is 0 Å². The molecule has 9 nitrogen and oxygen atoms in total. The number of fused-ring (bicyclic) bond motifs is 2. The number of nitrogens with one attached hydrogen (secondary N) is 3. The monoisotopic (exact) mass is 630 g/mol. The van der Waals surface area contributed by atoms with Crippen molar-refractivity contribution in [2.24, 2.45) is 5.92 Å². The average Bonchev–Trinajstić information content (AvgIpc) is 3.91. The van der Waals surface area contributed by atoms with E-state index in [0.717, 1.165) is 83.1 Å². The number of hydrogen-bond donors (Lipinski definition) is 3. The van der Waals surface area contributed by atoms with E-state index < -0.39 is 0 Å². The molecule has 0 radical (unpaired) electrons. The minimum Gasteiger partial charge on any atom is -0.492 e. The van der Waals surface area contributed by atoms with Gasteiger partial charge in [-0.05, 0) is 99.3 Å². The van der Waals surface area contributed by atoms with Gasteiger partial charge < -0.3 is 15.0 Å². The Balaban J connectivity index is 1.05. The maximum atomic E-state index is 14.8. The molecule has 0 amide bonds. The minimum atomic E-state index is -0.355. The van der Waals surface area contributed by atoms with E-state index >= 15 is 0 Å². The molecule has 6 heterocycles. The number of hydrogen-bond acceptors (Lipinski definition) is 7. The molecule has 2 aliphatic rings. The van der Waals surface area contributed by atoms with E-state index in [1.54, 1.807) is 6.20 Å². The largest absolute Gasteiger partial charge is 0.492 e. The second-order valence-electron chi connectivity index (χ2n) is 12.9. The standard InChI is InChI=1S/C37H39FN8O/c38-28-16-26(17-29(18-28)47-14-13-46-11-3-4-12-46)35-30-19-34(42-32(30)9-10-41-35)37-36-33(44-45-37)8-7-31(43-36)27-15-25(22-40-23-27)21-39-20-24-5-1-2-6-24/h7-10,15-19,22-24,39,42H,1-6,11-14,20-21H2,(H,44,45). The van der Waals surface area contributed by atoms with Gasteiger partial charge in [0.15, 0.2) is 0 Å². The number of likely N-dealkylation sites (tertiary alicyclic amines) is 1. The van der Waals surface area contributed by atoms with Crippen LogP contribution in [0.1, 0.15) is 44.1 Å². The number of benzene rings is 1. The number of pyridine rings is 3. The number of aromatic amines is 2. The van der Waals surface area contributed by atoms with Crippen molar-refractivity contribution in [3.05, 3.63) is 78.5 Å². The molecule has 0 atom stereocenters. The lowest BCUT2D eigenvalue weighted by Crippen LogP contribution is -2.25. The van der Waals surface area contributed by atoms with Gasteiger partial charge in [0.05, 0.1) is 22.6 Å². The van der Waals surface area contributed by atoms with Gasteiger partial charge in [0.2, 0.25) is 0 Å². The molecule has 10 heteroatoms. The molecular weight excluding hydrogens is 591 g/mol. The summed E-state index contributed by atoms with van der Waals surface area (Å²) in [6, 6.07) is 14.9. The lowest BCUT2D eigenvalue weighted by Gasteiger charge is -2.15. The van der Waals surface area contributed by atoms with Crippen molar-refractivity contribution in [2.75, 3.05) is 32.8 Å². The van der Waals surface area contributed by atoms with Gasteiger partial charge in [-0.25, -0.2) is 9.37 Å². The van der Waals surface area contributed by atoms with Crippen LogP contribution in [0.15, 0.2) is 67.1 Å². The summed E-state index contributed by atoms with van der Waals surface area (Å²) in [6.07, 6.45) is 13.3. The van der Waals surface area contributed by atoms with Crippen LogP contribution in [0.3, 0.4) is 0 Å². The molecule has 5 aromatic heterocycles. The Morgan fingerprint density at radius 1 is 0.915 bits per heavy atom. The molecule has 0 spiro atoms. The summed E-state index contributed by atoms with van der Waals surface area (Å²) in [5, 5.41) is 12.3. The highest BCUT2D eigenvalue weighted by molar-refractivity contribution is 5.99. The molecule has 8 rings (SSSR count). The van der Waals surface area contributed by atoms with Crippen LogP contribution in [-0.2, 0) is 6.54 Å². The fourth-order valence-corrected chi connectivity index (χ4v) is 7.10. The maximum absolute atomic E-state index is 14.8.